The third-order valence-electron chi connectivity index (χ3n) is 4.77. The van der Waals surface area contributed by atoms with Crippen molar-refractivity contribution in [1.29, 1.82) is 0 Å². The van der Waals surface area contributed by atoms with E-state index in [-0.39, 0.29) is 5.91 Å². The molecule has 0 aromatic carbocycles. The van der Waals surface area contributed by atoms with Crippen LogP contribution in [0, 0.1) is 5.92 Å². The highest BCUT2D eigenvalue weighted by molar-refractivity contribution is 7.13. The summed E-state index contributed by atoms with van der Waals surface area (Å²) in [7, 11) is 0. The van der Waals surface area contributed by atoms with Gasteiger partial charge in [0.05, 0.1) is 4.88 Å². The van der Waals surface area contributed by atoms with Crippen molar-refractivity contribution in [2.24, 2.45) is 5.92 Å². The van der Waals surface area contributed by atoms with Crippen LogP contribution in [0.15, 0.2) is 28.3 Å². The Morgan fingerprint density at radius 3 is 2.95 bits per heavy atom. The van der Waals surface area contributed by atoms with Crippen LogP contribution in [0.4, 0.5) is 0 Å². The first kappa shape index (κ1) is 13.1. The molecular weight excluding hydrogens is 284 g/mol. The second-order valence-electron chi connectivity index (χ2n) is 5.91. The molecule has 4 nitrogen and oxygen atoms in total. The van der Waals surface area contributed by atoms with E-state index in [1.807, 2.05) is 22.4 Å². The monoisotopic (exact) mass is 302 g/mol. The Morgan fingerprint density at radius 1 is 1.33 bits per heavy atom. The number of rotatable bonds is 3. The number of amides is 1. The van der Waals surface area contributed by atoms with Crippen molar-refractivity contribution in [1.82, 2.24) is 9.88 Å². The Bertz CT molecular complexity index is 631. The van der Waals surface area contributed by atoms with E-state index in [9.17, 15) is 4.79 Å². The third kappa shape index (κ3) is 2.20. The summed E-state index contributed by atoms with van der Waals surface area (Å²) in [5.74, 6) is 1.37. The van der Waals surface area contributed by atoms with Gasteiger partial charge in [0.15, 0.2) is 17.8 Å². The number of aromatic nitrogens is 1. The summed E-state index contributed by atoms with van der Waals surface area (Å²) >= 11 is 1.57. The van der Waals surface area contributed by atoms with E-state index in [0.717, 1.165) is 24.3 Å². The van der Waals surface area contributed by atoms with E-state index in [1.165, 1.54) is 25.7 Å². The van der Waals surface area contributed by atoms with Crippen molar-refractivity contribution in [3.63, 3.8) is 0 Å². The zero-order chi connectivity index (χ0) is 14.2. The molecule has 110 valence electrons. The minimum atomic E-state index is 0.0431. The fraction of sp³-hybridized carbons (Fsp3) is 0.500. The van der Waals surface area contributed by atoms with Gasteiger partial charge in [-0.25, -0.2) is 4.98 Å². The molecule has 0 radical (unpaired) electrons. The molecule has 21 heavy (non-hydrogen) atoms. The molecule has 2 aliphatic rings. The zero-order valence-corrected chi connectivity index (χ0v) is 12.6. The van der Waals surface area contributed by atoms with Gasteiger partial charge in [0.1, 0.15) is 0 Å². The van der Waals surface area contributed by atoms with Crippen LogP contribution in [-0.2, 0) is 0 Å². The fourth-order valence-electron chi connectivity index (χ4n) is 3.48. The molecule has 0 bridgehead atoms. The van der Waals surface area contributed by atoms with Crippen molar-refractivity contribution in [3.8, 4) is 10.6 Å². The van der Waals surface area contributed by atoms with Crippen molar-refractivity contribution in [2.45, 2.75) is 38.1 Å². The SMILES string of the molecule is O=C(c1ncoc1-c1cccs1)N1CCC[C@@H]1C1CCC1. The predicted octanol–water partition coefficient (Wildman–Crippen LogP) is 3.81. The highest BCUT2D eigenvalue weighted by Crippen LogP contribution is 2.38. The smallest absolute Gasteiger partial charge is 0.276 e. The predicted molar refractivity (Wildman–Crippen MR) is 81.2 cm³/mol. The van der Waals surface area contributed by atoms with Crippen molar-refractivity contribution in [3.05, 3.63) is 29.6 Å². The topological polar surface area (TPSA) is 46.3 Å². The number of nitrogens with zero attached hydrogens (tertiary/aromatic N) is 2. The number of carbonyl (C=O) groups excluding carboxylic acids is 1. The Morgan fingerprint density at radius 2 is 2.24 bits per heavy atom. The molecule has 3 heterocycles. The van der Waals surface area contributed by atoms with E-state index in [4.69, 9.17) is 4.42 Å². The van der Waals surface area contributed by atoms with Gasteiger partial charge in [-0.3, -0.25) is 4.79 Å². The van der Waals surface area contributed by atoms with E-state index < -0.39 is 0 Å². The molecule has 1 atom stereocenters. The number of thiophene rings is 1. The first-order chi connectivity index (χ1) is 10.3. The van der Waals surface area contributed by atoms with E-state index in [2.05, 4.69) is 4.98 Å². The minimum Gasteiger partial charge on any atom is -0.442 e. The van der Waals surface area contributed by atoms with Crippen LogP contribution in [0.2, 0.25) is 0 Å². The second kappa shape index (κ2) is 5.30. The summed E-state index contributed by atoms with van der Waals surface area (Å²) in [5.41, 5.74) is 0.476. The molecule has 1 saturated heterocycles. The van der Waals surface area contributed by atoms with Gasteiger partial charge in [-0.1, -0.05) is 12.5 Å². The summed E-state index contributed by atoms with van der Waals surface area (Å²) in [6.07, 6.45) is 7.49. The third-order valence-corrected chi connectivity index (χ3v) is 5.64. The largest absolute Gasteiger partial charge is 0.442 e. The number of hydrogen-bond donors (Lipinski definition) is 0. The molecule has 5 heteroatoms. The number of hydrogen-bond acceptors (Lipinski definition) is 4. The zero-order valence-electron chi connectivity index (χ0n) is 11.8. The number of carbonyl (C=O) groups is 1. The Balaban J connectivity index is 1.61. The molecular formula is C16H18N2O2S. The average Bonchev–Trinajstić information content (AvgIpc) is 3.17. The lowest BCUT2D eigenvalue weighted by atomic mass is 9.79. The molecule has 1 aliphatic carbocycles. The fourth-order valence-corrected chi connectivity index (χ4v) is 4.19. The minimum absolute atomic E-state index is 0.0431. The summed E-state index contributed by atoms with van der Waals surface area (Å²) in [6, 6.07) is 4.35. The second-order valence-corrected chi connectivity index (χ2v) is 6.85. The first-order valence-corrected chi connectivity index (χ1v) is 8.51. The Labute approximate surface area is 127 Å². The molecule has 4 rings (SSSR count). The Hall–Kier alpha value is -1.62. The van der Waals surface area contributed by atoms with Crippen molar-refractivity contribution >= 4 is 17.2 Å². The summed E-state index contributed by atoms with van der Waals surface area (Å²) in [5, 5.41) is 1.99. The molecule has 0 spiro atoms. The van der Waals surface area contributed by atoms with Crippen molar-refractivity contribution in [2.75, 3.05) is 6.54 Å². The van der Waals surface area contributed by atoms with Crippen LogP contribution in [0.25, 0.3) is 10.6 Å². The van der Waals surface area contributed by atoms with E-state index in [0.29, 0.717) is 23.4 Å². The molecule has 2 aromatic heterocycles. The quantitative estimate of drug-likeness (QED) is 0.866. The van der Waals surface area contributed by atoms with Gasteiger partial charge in [-0.2, -0.15) is 0 Å². The molecule has 1 amide bonds. The van der Waals surface area contributed by atoms with Crippen molar-refractivity contribution < 1.29 is 9.21 Å². The van der Waals surface area contributed by atoms with Gasteiger partial charge in [-0.15, -0.1) is 11.3 Å². The number of likely N-dealkylation sites (tertiary alicyclic amines) is 1. The maximum atomic E-state index is 12.9. The summed E-state index contributed by atoms with van der Waals surface area (Å²) in [4.78, 5) is 20.1. The van der Waals surface area contributed by atoms with Gasteiger partial charge in [0.25, 0.3) is 5.91 Å². The van der Waals surface area contributed by atoms with Gasteiger partial charge >= 0.3 is 0 Å². The Kier molecular flexibility index (Phi) is 3.30. The number of oxazole rings is 1. The molecule has 2 aromatic rings. The lowest BCUT2D eigenvalue weighted by Gasteiger charge is -2.36. The van der Waals surface area contributed by atoms with Crippen LogP contribution >= 0.6 is 11.3 Å². The van der Waals surface area contributed by atoms with E-state index in [1.54, 1.807) is 11.3 Å². The highest BCUT2D eigenvalue weighted by atomic mass is 32.1. The van der Waals surface area contributed by atoms with Gasteiger partial charge < -0.3 is 9.32 Å². The standard InChI is InChI=1S/C16H18N2O2S/c19-16(18-8-2-6-12(18)11-4-1-5-11)14-15(20-10-17-14)13-7-3-9-21-13/h3,7,9-12H,1-2,4-6,8H2/t12-/m1/s1. The molecule has 1 saturated carbocycles. The van der Waals surface area contributed by atoms with E-state index >= 15 is 0 Å². The maximum absolute atomic E-state index is 12.9. The van der Waals surface area contributed by atoms with Gasteiger partial charge in [-0.05, 0) is 43.0 Å². The van der Waals surface area contributed by atoms with Crippen LogP contribution in [0.5, 0.6) is 0 Å². The first-order valence-electron chi connectivity index (χ1n) is 7.63. The normalized spacial score (nSPS) is 22.5. The molecule has 1 aliphatic heterocycles. The molecule has 2 fully saturated rings. The lowest BCUT2D eigenvalue weighted by Crippen LogP contribution is -2.42. The lowest BCUT2D eigenvalue weighted by molar-refractivity contribution is 0.0621. The van der Waals surface area contributed by atoms with Crippen LogP contribution in [-0.4, -0.2) is 28.4 Å². The van der Waals surface area contributed by atoms with Crippen LogP contribution in [0.3, 0.4) is 0 Å². The van der Waals surface area contributed by atoms with Gasteiger partial charge in [0, 0.05) is 12.6 Å². The summed E-state index contributed by atoms with van der Waals surface area (Å²) in [6.45, 7) is 0.858. The van der Waals surface area contributed by atoms with Crippen LogP contribution in [0.1, 0.15) is 42.6 Å². The highest BCUT2D eigenvalue weighted by Gasteiger charge is 2.39. The van der Waals surface area contributed by atoms with Gasteiger partial charge in [0.2, 0.25) is 0 Å². The molecule has 0 N–H and O–H groups in total. The summed E-state index contributed by atoms with van der Waals surface area (Å²) < 4.78 is 5.48. The average molecular weight is 302 g/mol. The maximum Gasteiger partial charge on any atom is 0.276 e. The molecule has 0 unspecified atom stereocenters. The van der Waals surface area contributed by atoms with Crippen LogP contribution < -0.4 is 0 Å².